The zero-order valence-corrected chi connectivity index (χ0v) is 15.6. The van der Waals surface area contributed by atoms with Crippen LogP contribution in [0.25, 0.3) is 5.69 Å². The molecule has 0 radical (unpaired) electrons. The molecule has 3 rings (SSSR count). The van der Waals surface area contributed by atoms with Crippen molar-refractivity contribution in [1.29, 1.82) is 0 Å². The summed E-state index contributed by atoms with van der Waals surface area (Å²) in [4.78, 5) is 22.6. The van der Waals surface area contributed by atoms with Crippen LogP contribution >= 0.6 is 0 Å². The summed E-state index contributed by atoms with van der Waals surface area (Å²) in [6.45, 7) is 0.131. The molecule has 0 aliphatic rings. The van der Waals surface area contributed by atoms with Crippen molar-refractivity contribution in [3.63, 3.8) is 0 Å². The van der Waals surface area contributed by atoms with E-state index in [9.17, 15) is 23.3 Å². The predicted molar refractivity (Wildman–Crippen MR) is 101 cm³/mol. The summed E-state index contributed by atoms with van der Waals surface area (Å²) in [6, 6.07) is 12.2. The smallest absolute Gasteiger partial charge is 0.271 e. The van der Waals surface area contributed by atoms with Gasteiger partial charge in [0.25, 0.3) is 11.6 Å². The SMILES string of the molecule is CS(=O)(=O)c1cc(C(=O)NCc2ccccc2-n2cccn2)cc([N+](=O)[O-])c1. The van der Waals surface area contributed by atoms with Gasteiger partial charge in [-0.3, -0.25) is 14.9 Å². The van der Waals surface area contributed by atoms with E-state index in [2.05, 4.69) is 10.4 Å². The number of amides is 1. The molecule has 0 saturated heterocycles. The third-order valence-electron chi connectivity index (χ3n) is 3.97. The lowest BCUT2D eigenvalue weighted by atomic mass is 10.1. The molecule has 2 aromatic carbocycles. The molecule has 0 spiro atoms. The minimum atomic E-state index is -3.71. The van der Waals surface area contributed by atoms with Crippen LogP contribution < -0.4 is 5.32 Å². The second kappa shape index (κ2) is 7.61. The van der Waals surface area contributed by atoms with Crippen LogP contribution in [0.2, 0.25) is 0 Å². The van der Waals surface area contributed by atoms with Crippen molar-refractivity contribution in [2.75, 3.05) is 6.26 Å². The first-order chi connectivity index (χ1) is 13.3. The van der Waals surface area contributed by atoms with Crippen LogP contribution in [0.15, 0.2) is 65.8 Å². The minimum Gasteiger partial charge on any atom is -0.348 e. The number of carbonyl (C=O) groups excluding carboxylic acids is 1. The Morgan fingerprint density at radius 3 is 2.61 bits per heavy atom. The number of benzene rings is 2. The third kappa shape index (κ3) is 4.23. The number of sulfone groups is 1. The van der Waals surface area contributed by atoms with Gasteiger partial charge in [0.1, 0.15) is 0 Å². The van der Waals surface area contributed by atoms with Gasteiger partial charge in [0.15, 0.2) is 9.84 Å². The Balaban J connectivity index is 1.87. The van der Waals surface area contributed by atoms with E-state index < -0.39 is 26.4 Å². The standard InChI is InChI=1S/C18H16N4O5S/c1-28(26,27)16-10-14(9-15(11-16)22(24)25)18(23)19-12-13-5-2-3-6-17(13)21-8-4-7-20-21/h2-11H,12H2,1H3,(H,19,23). The number of nitrogens with one attached hydrogen (secondary N) is 1. The molecule has 0 aliphatic carbocycles. The van der Waals surface area contributed by atoms with Crippen molar-refractivity contribution in [1.82, 2.24) is 15.1 Å². The van der Waals surface area contributed by atoms with Crippen molar-refractivity contribution >= 4 is 21.4 Å². The lowest BCUT2D eigenvalue weighted by Crippen LogP contribution is -2.24. The number of non-ortho nitro benzene ring substituents is 1. The Bertz CT molecular complexity index is 1140. The summed E-state index contributed by atoms with van der Waals surface area (Å²) >= 11 is 0. The molecule has 0 aliphatic heterocycles. The molecule has 1 N–H and O–H groups in total. The maximum atomic E-state index is 12.5. The van der Waals surface area contributed by atoms with E-state index in [0.717, 1.165) is 35.7 Å². The van der Waals surface area contributed by atoms with Gasteiger partial charge >= 0.3 is 0 Å². The maximum Gasteiger partial charge on any atom is 0.271 e. The molecule has 10 heteroatoms. The Hall–Kier alpha value is -3.53. The van der Waals surface area contributed by atoms with Gasteiger partial charge in [0.05, 0.1) is 15.5 Å². The molecule has 0 atom stereocenters. The average molecular weight is 400 g/mol. The van der Waals surface area contributed by atoms with E-state index in [1.165, 1.54) is 0 Å². The quantitative estimate of drug-likeness (QED) is 0.499. The van der Waals surface area contributed by atoms with Crippen molar-refractivity contribution in [3.8, 4) is 5.69 Å². The van der Waals surface area contributed by atoms with Crippen LogP contribution in [0.5, 0.6) is 0 Å². The zero-order chi connectivity index (χ0) is 20.3. The number of nitrogens with zero attached hydrogens (tertiary/aromatic N) is 3. The third-order valence-corrected chi connectivity index (χ3v) is 5.07. The zero-order valence-electron chi connectivity index (χ0n) is 14.8. The molecule has 0 fully saturated rings. The van der Waals surface area contributed by atoms with Gasteiger partial charge in [0, 0.05) is 42.9 Å². The largest absolute Gasteiger partial charge is 0.348 e. The molecule has 144 valence electrons. The first kappa shape index (κ1) is 19.2. The number of hydrogen-bond acceptors (Lipinski definition) is 6. The van der Waals surface area contributed by atoms with E-state index >= 15 is 0 Å². The minimum absolute atomic E-state index is 0.105. The molecule has 0 saturated carbocycles. The summed E-state index contributed by atoms with van der Waals surface area (Å²) in [5.74, 6) is -0.621. The normalized spacial score (nSPS) is 11.2. The van der Waals surface area contributed by atoms with E-state index in [-0.39, 0.29) is 17.0 Å². The van der Waals surface area contributed by atoms with Crippen molar-refractivity contribution < 1.29 is 18.1 Å². The number of aromatic nitrogens is 2. The van der Waals surface area contributed by atoms with Gasteiger partial charge in [-0.15, -0.1) is 0 Å². The van der Waals surface area contributed by atoms with Gasteiger partial charge in [0.2, 0.25) is 0 Å². The highest BCUT2D eigenvalue weighted by atomic mass is 32.2. The van der Waals surface area contributed by atoms with Crippen LogP contribution in [0.1, 0.15) is 15.9 Å². The summed E-state index contributed by atoms with van der Waals surface area (Å²) in [7, 11) is -3.71. The van der Waals surface area contributed by atoms with Crippen LogP contribution in [0.4, 0.5) is 5.69 Å². The highest BCUT2D eigenvalue weighted by Gasteiger charge is 2.19. The first-order valence-electron chi connectivity index (χ1n) is 8.11. The predicted octanol–water partition coefficient (Wildman–Crippen LogP) is 2.11. The Kier molecular flexibility index (Phi) is 5.23. The van der Waals surface area contributed by atoms with E-state index in [1.807, 2.05) is 24.3 Å². The summed E-state index contributed by atoms with van der Waals surface area (Å²) in [5, 5.41) is 17.9. The van der Waals surface area contributed by atoms with E-state index in [1.54, 1.807) is 23.1 Å². The van der Waals surface area contributed by atoms with Crippen molar-refractivity contribution in [3.05, 3.63) is 82.2 Å². The average Bonchev–Trinajstić information content (AvgIpc) is 3.19. The number of rotatable bonds is 6. The Morgan fingerprint density at radius 2 is 1.96 bits per heavy atom. The maximum absolute atomic E-state index is 12.5. The molecule has 0 unspecified atom stereocenters. The lowest BCUT2D eigenvalue weighted by molar-refractivity contribution is -0.385. The number of para-hydroxylation sites is 1. The monoisotopic (exact) mass is 400 g/mol. The number of nitro benzene ring substituents is 1. The van der Waals surface area contributed by atoms with Crippen molar-refractivity contribution in [2.24, 2.45) is 0 Å². The van der Waals surface area contributed by atoms with Crippen LogP contribution in [-0.4, -0.2) is 35.3 Å². The lowest BCUT2D eigenvalue weighted by Gasteiger charge is -2.11. The van der Waals surface area contributed by atoms with Gasteiger partial charge in [-0.25, -0.2) is 13.1 Å². The highest BCUT2D eigenvalue weighted by Crippen LogP contribution is 2.21. The summed E-state index contributed by atoms with van der Waals surface area (Å²) in [5.41, 5.74) is 0.966. The second-order valence-electron chi connectivity index (χ2n) is 6.01. The Morgan fingerprint density at radius 1 is 1.21 bits per heavy atom. The molecule has 9 nitrogen and oxygen atoms in total. The Labute approximate surface area is 160 Å². The second-order valence-corrected chi connectivity index (χ2v) is 8.02. The number of carbonyl (C=O) groups is 1. The molecule has 28 heavy (non-hydrogen) atoms. The number of nitro groups is 1. The van der Waals surface area contributed by atoms with E-state index in [0.29, 0.717) is 0 Å². The van der Waals surface area contributed by atoms with Gasteiger partial charge < -0.3 is 5.32 Å². The topological polar surface area (TPSA) is 124 Å². The van der Waals surface area contributed by atoms with Crippen LogP contribution in [0, 0.1) is 10.1 Å². The molecule has 1 amide bonds. The van der Waals surface area contributed by atoms with Gasteiger partial charge in [-0.1, -0.05) is 18.2 Å². The van der Waals surface area contributed by atoms with Gasteiger partial charge in [-0.2, -0.15) is 5.10 Å². The van der Waals surface area contributed by atoms with Crippen LogP contribution in [0.3, 0.4) is 0 Å². The molecular formula is C18H16N4O5S. The van der Waals surface area contributed by atoms with Crippen molar-refractivity contribution in [2.45, 2.75) is 11.4 Å². The summed E-state index contributed by atoms with van der Waals surface area (Å²) in [6.07, 6.45) is 4.32. The number of hydrogen-bond donors (Lipinski definition) is 1. The molecule has 1 heterocycles. The first-order valence-corrected chi connectivity index (χ1v) is 10.0. The van der Waals surface area contributed by atoms with Crippen LogP contribution in [-0.2, 0) is 16.4 Å². The summed E-state index contributed by atoms with van der Waals surface area (Å²) < 4.78 is 25.2. The molecule has 0 bridgehead atoms. The molecular weight excluding hydrogens is 384 g/mol. The van der Waals surface area contributed by atoms with E-state index in [4.69, 9.17) is 0 Å². The molecule has 3 aromatic rings. The fourth-order valence-corrected chi connectivity index (χ4v) is 3.28. The fourth-order valence-electron chi connectivity index (χ4n) is 2.61. The highest BCUT2D eigenvalue weighted by molar-refractivity contribution is 7.90. The molecule has 1 aromatic heterocycles. The van der Waals surface area contributed by atoms with Gasteiger partial charge in [-0.05, 0) is 23.8 Å². The fraction of sp³-hybridized carbons (Fsp3) is 0.111.